The van der Waals surface area contributed by atoms with Crippen LogP contribution in [0, 0.1) is 6.92 Å². The van der Waals surface area contributed by atoms with Crippen molar-refractivity contribution in [2.24, 2.45) is 0 Å². The van der Waals surface area contributed by atoms with Crippen LogP contribution in [0.2, 0.25) is 0 Å². The Morgan fingerprint density at radius 3 is 2.29 bits per heavy atom. The summed E-state index contributed by atoms with van der Waals surface area (Å²) in [6.07, 6.45) is 5.25. The summed E-state index contributed by atoms with van der Waals surface area (Å²) in [7, 11) is 4.20. The number of nitrogens with zero attached hydrogens (tertiary/aromatic N) is 1. The van der Waals surface area contributed by atoms with Crippen LogP contribution in [0.15, 0.2) is 24.3 Å². The van der Waals surface area contributed by atoms with Gasteiger partial charge in [-0.1, -0.05) is 30.5 Å². The zero-order chi connectivity index (χ0) is 12.5. The number of hydrogen-bond acceptors (Lipinski definition) is 2. The van der Waals surface area contributed by atoms with Crippen LogP contribution in [0.5, 0.6) is 0 Å². The number of rotatable bonds is 8. The van der Waals surface area contributed by atoms with Crippen molar-refractivity contribution in [3.8, 4) is 0 Å². The molecule has 0 fully saturated rings. The van der Waals surface area contributed by atoms with Crippen LogP contribution in [0.1, 0.15) is 31.2 Å². The lowest BCUT2D eigenvalue weighted by Gasteiger charge is -2.19. The summed E-state index contributed by atoms with van der Waals surface area (Å²) in [5.41, 5.74) is 2.65. The monoisotopic (exact) mass is 234 g/mol. The van der Waals surface area contributed by atoms with Gasteiger partial charge in [-0.2, -0.15) is 0 Å². The van der Waals surface area contributed by atoms with Crippen molar-refractivity contribution < 1.29 is 0 Å². The van der Waals surface area contributed by atoms with E-state index in [0.29, 0.717) is 0 Å². The molecule has 0 radical (unpaired) electrons. The first-order chi connectivity index (χ1) is 8.24. The fraction of sp³-hybridized carbons (Fsp3) is 0.600. The molecule has 0 atom stereocenters. The highest BCUT2D eigenvalue weighted by Gasteiger charge is 1.99. The second kappa shape index (κ2) is 8.13. The third kappa shape index (κ3) is 5.73. The molecule has 0 bridgehead atoms. The molecular weight excluding hydrogens is 208 g/mol. The van der Waals surface area contributed by atoms with Gasteiger partial charge in [-0.25, -0.2) is 0 Å². The van der Waals surface area contributed by atoms with E-state index < -0.39 is 0 Å². The van der Waals surface area contributed by atoms with Crippen LogP contribution in [-0.4, -0.2) is 27.2 Å². The molecular formula is C15H26N2. The predicted octanol–water partition coefficient (Wildman–Crippen LogP) is 3.21. The maximum Gasteiger partial charge on any atom is 0.0363 e. The van der Waals surface area contributed by atoms with Crippen molar-refractivity contribution in [1.29, 1.82) is 0 Å². The summed E-state index contributed by atoms with van der Waals surface area (Å²) in [6.45, 7) is 4.43. The minimum atomic E-state index is 1.15. The minimum Gasteiger partial charge on any atom is -0.375 e. The standard InChI is InChI=1S/C15H26N2/c1-14-8-10-15(11-9-14)17(3)13-7-5-4-6-12-16-2/h8-11,16H,4-7,12-13H2,1-3H3. The van der Waals surface area contributed by atoms with E-state index in [9.17, 15) is 0 Å². The third-order valence-electron chi connectivity index (χ3n) is 3.15. The molecule has 0 aliphatic carbocycles. The number of anilines is 1. The average molecular weight is 234 g/mol. The second-order valence-corrected chi connectivity index (χ2v) is 4.77. The van der Waals surface area contributed by atoms with E-state index in [1.54, 1.807) is 0 Å². The molecule has 0 aromatic heterocycles. The summed E-state index contributed by atoms with van der Waals surface area (Å²) >= 11 is 0. The quantitative estimate of drug-likeness (QED) is 0.695. The summed E-state index contributed by atoms with van der Waals surface area (Å²) < 4.78 is 0. The predicted molar refractivity (Wildman–Crippen MR) is 76.8 cm³/mol. The van der Waals surface area contributed by atoms with Gasteiger partial charge in [-0.3, -0.25) is 0 Å². The molecule has 2 heteroatoms. The first kappa shape index (κ1) is 14.0. The van der Waals surface area contributed by atoms with Gasteiger partial charge < -0.3 is 10.2 Å². The Kier molecular flexibility index (Phi) is 6.71. The molecule has 96 valence electrons. The fourth-order valence-electron chi connectivity index (χ4n) is 1.93. The normalized spacial score (nSPS) is 10.5. The molecule has 0 saturated carbocycles. The highest BCUT2D eigenvalue weighted by Crippen LogP contribution is 2.14. The van der Waals surface area contributed by atoms with E-state index in [1.807, 2.05) is 7.05 Å². The van der Waals surface area contributed by atoms with Crippen molar-refractivity contribution in [2.45, 2.75) is 32.6 Å². The highest BCUT2D eigenvalue weighted by molar-refractivity contribution is 5.46. The Bertz CT molecular complexity index is 292. The van der Waals surface area contributed by atoms with Gasteiger partial charge in [0.15, 0.2) is 0 Å². The van der Waals surface area contributed by atoms with Crippen LogP contribution in [-0.2, 0) is 0 Å². The average Bonchev–Trinajstić information content (AvgIpc) is 2.34. The lowest BCUT2D eigenvalue weighted by molar-refractivity contribution is 0.615. The zero-order valence-corrected chi connectivity index (χ0v) is 11.5. The van der Waals surface area contributed by atoms with E-state index in [0.717, 1.165) is 13.1 Å². The Morgan fingerprint density at radius 2 is 1.65 bits per heavy atom. The van der Waals surface area contributed by atoms with Gasteiger partial charge in [-0.15, -0.1) is 0 Å². The van der Waals surface area contributed by atoms with Crippen molar-refractivity contribution in [1.82, 2.24) is 5.32 Å². The van der Waals surface area contributed by atoms with Crippen molar-refractivity contribution in [3.63, 3.8) is 0 Å². The molecule has 0 spiro atoms. The molecule has 2 nitrogen and oxygen atoms in total. The molecule has 1 aromatic rings. The second-order valence-electron chi connectivity index (χ2n) is 4.77. The molecule has 0 unspecified atom stereocenters. The third-order valence-corrected chi connectivity index (χ3v) is 3.15. The van der Waals surface area contributed by atoms with Crippen LogP contribution < -0.4 is 10.2 Å². The highest BCUT2D eigenvalue weighted by atomic mass is 15.1. The number of nitrogens with one attached hydrogen (secondary N) is 1. The molecule has 17 heavy (non-hydrogen) atoms. The summed E-state index contributed by atoms with van der Waals surface area (Å²) in [5, 5.41) is 3.19. The number of benzene rings is 1. The Morgan fingerprint density at radius 1 is 1.00 bits per heavy atom. The van der Waals surface area contributed by atoms with Crippen LogP contribution in [0.4, 0.5) is 5.69 Å². The molecule has 0 aliphatic heterocycles. The van der Waals surface area contributed by atoms with E-state index in [2.05, 4.69) is 48.5 Å². The van der Waals surface area contributed by atoms with E-state index in [1.165, 1.54) is 36.9 Å². The lowest BCUT2D eigenvalue weighted by atomic mass is 10.1. The Balaban J connectivity index is 2.16. The lowest BCUT2D eigenvalue weighted by Crippen LogP contribution is -2.18. The van der Waals surface area contributed by atoms with Crippen molar-refractivity contribution in [2.75, 3.05) is 32.1 Å². The Labute approximate surface area is 106 Å². The van der Waals surface area contributed by atoms with Gasteiger partial charge >= 0.3 is 0 Å². The van der Waals surface area contributed by atoms with Gasteiger partial charge in [0.25, 0.3) is 0 Å². The summed E-state index contributed by atoms with van der Waals surface area (Å²) in [5.74, 6) is 0. The summed E-state index contributed by atoms with van der Waals surface area (Å²) in [6, 6.07) is 8.77. The molecule has 1 rings (SSSR count). The molecule has 0 amide bonds. The number of hydrogen-bond donors (Lipinski definition) is 1. The van der Waals surface area contributed by atoms with Crippen LogP contribution >= 0.6 is 0 Å². The maximum absolute atomic E-state index is 3.19. The van der Waals surface area contributed by atoms with E-state index >= 15 is 0 Å². The molecule has 0 aliphatic rings. The molecule has 1 N–H and O–H groups in total. The number of unbranched alkanes of at least 4 members (excludes halogenated alkanes) is 3. The van der Waals surface area contributed by atoms with Crippen molar-refractivity contribution in [3.05, 3.63) is 29.8 Å². The molecule has 1 aromatic carbocycles. The van der Waals surface area contributed by atoms with E-state index in [-0.39, 0.29) is 0 Å². The summed E-state index contributed by atoms with van der Waals surface area (Å²) in [4.78, 5) is 2.34. The maximum atomic E-state index is 3.19. The zero-order valence-electron chi connectivity index (χ0n) is 11.5. The van der Waals surface area contributed by atoms with Crippen LogP contribution in [0.25, 0.3) is 0 Å². The largest absolute Gasteiger partial charge is 0.375 e. The first-order valence-electron chi connectivity index (χ1n) is 6.66. The molecule has 0 saturated heterocycles. The first-order valence-corrected chi connectivity index (χ1v) is 6.66. The minimum absolute atomic E-state index is 1.15. The van der Waals surface area contributed by atoms with Crippen molar-refractivity contribution >= 4 is 5.69 Å². The van der Waals surface area contributed by atoms with Gasteiger partial charge in [0.2, 0.25) is 0 Å². The topological polar surface area (TPSA) is 15.3 Å². The van der Waals surface area contributed by atoms with Gasteiger partial charge in [0, 0.05) is 19.3 Å². The van der Waals surface area contributed by atoms with Gasteiger partial charge in [0.1, 0.15) is 0 Å². The Hall–Kier alpha value is -1.02. The fourth-order valence-corrected chi connectivity index (χ4v) is 1.93. The SMILES string of the molecule is CNCCCCCCN(C)c1ccc(C)cc1. The van der Waals surface area contributed by atoms with Crippen LogP contribution in [0.3, 0.4) is 0 Å². The number of aryl methyl sites for hydroxylation is 1. The van der Waals surface area contributed by atoms with Gasteiger partial charge in [-0.05, 0) is 45.5 Å². The smallest absolute Gasteiger partial charge is 0.0363 e. The van der Waals surface area contributed by atoms with E-state index in [4.69, 9.17) is 0 Å². The van der Waals surface area contributed by atoms with Gasteiger partial charge in [0.05, 0.1) is 0 Å². The molecule has 0 heterocycles.